The average Bonchev–Trinajstić information content (AvgIpc) is 3.07. The van der Waals surface area contributed by atoms with Crippen LogP contribution in [0.1, 0.15) is 76.7 Å². The topological polar surface area (TPSA) is 59.9 Å². The number of carbonyl (C=O) groups is 1. The number of halogens is 1. The molecule has 144 valence electrons. The molecule has 0 radical (unpaired) electrons. The van der Waals surface area contributed by atoms with E-state index in [0.29, 0.717) is 17.9 Å². The second-order valence-corrected chi connectivity index (χ2v) is 7.45. The van der Waals surface area contributed by atoms with Crippen LogP contribution in [0.5, 0.6) is 11.5 Å². The first-order valence-electron chi connectivity index (χ1n) is 9.61. The molecule has 1 N–H and O–H groups in total. The van der Waals surface area contributed by atoms with E-state index in [1.54, 1.807) is 6.21 Å². The monoisotopic (exact) mass is 424 g/mol. The molecular formula is C20H29BrN2O3. The fraction of sp³-hybridized carbons (Fsp3) is 0.600. The van der Waals surface area contributed by atoms with Gasteiger partial charge in [-0.05, 0) is 34.5 Å². The van der Waals surface area contributed by atoms with Crippen molar-refractivity contribution < 1.29 is 14.3 Å². The first-order chi connectivity index (χ1) is 12.7. The first kappa shape index (κ1) is 20.7. The van der Waals surface area contributed by atoms with E-state index in [9.17, 15) is 4.79 Å². The van der Waals surface area contributed by atoms with Gasteiger partial charge in [-0.3, -0.25) is 4.79 Å². The van der Waals surface area contributed by atoms with Gasteiger partial charge < -0.3 is 9.47 Å². The Morgan fingerprint density at radius 2 is 1.69 bits per heavy atom. The number of hydrogen-bond donors (Lipinski definition) is 1. The van der Waals surface area contributed by atoms with Gasteiger partial charge in [0.25, 0.3) is 0 Å². The molecule has 0 saturated heterocycles. The zero-order valence-corrected chi connectivity index (χ0v) is 17.1. The van der Waals surface area contributed by atoms with Crippen molar-refractivity contribution in [2.75, 3.05) is 6.79 Å². The zero-order valence-electron chi connectivity index (χ0n) is 15.6. The molecule has 0 unspecified atom stereocenters. The molecule has 1 aromatic carbocycles. The van der Waals surface area contributed by atoms with E-state index in [1.807, 2.05) is 12.1 Å². The Bertz CT molecular complexity index is 605. The first-order valence-corrected chi connectivity index (χ1v) is 10.4. The third-order valence-electron chi connectivity index (χ3n) is 4.39. The van der Waals surface area contributed by atoms with Crippen LogP contribution in [0.25, 0.3) is 0 Å². The molecule has 0 saturated carbocycles. The van der Waals surface area contributed by atoms with Gasteiger partial charge >= 0.3 is 0 Å². The molecule has 2 rings (SSSR count). The molecule has 0 spiro atoms. The molecule has 0 aromatic heterocycles. The predicted molar refractivity (Wildman–Crippen MR) is 108 cm³/mol. The SMILES string of the molecule is CCCCCCCCCCCC(=O)N/N=C/c1cc2c(cc1Br)OCO2. The van der Waals surface area contributed by atoms with Crippen molar-refractivity contribution in [3.63, 3.8) is 0 Å². The normalized spacial score (nSPS) is 12.7. The van der Waals surface area contributed by atoms with E-state index >= 15 is 0 Å². The summed E-state index contributed by atoms with van der Waals surface area (Å²) in [6.45, 7) is 2.47. The summed E-state index contributed by atoms with van der Waals surface area (Å²) in [5.41, 5.74) is 3.42. The number of benzene rings is 1. The number of unbranched alkanes of at least 4 members (excludes halogenated alkanes) is 8. The van der Waals surface area contributed by atoms with Crippen LogP contribution in [-0.2, 0) is 4.79 Å². The number of hydrogen-bond acceptors (Lipinski definition) is 4. The van der Waals surface area contributed by atoms with Crippen LogP contribution in [0.15, 0.2) is 21.7 Å². The molecule has 0 atom stereocenters. The molecule has 5 nitrogen and oxygen atoms in total. The van der Waals surface area contributed by atoms with Gasteiger partial charge in [-0.15, -0.1) is 0 Å². The Morgan fingerprint density at radius 3 is 2.38 bits per heavy atom. The largest absolute Gasteiger partial charge is 0.454 e. The minimum atomic E-state index is -0.0407. The molecule has 0 aliphatic carbocycles. The zero-order chi connectivity index (χ0) is 18.6. The van der Waals surface area contributed by atoms with E-state index in [0.717, 1.165) is 22.9 Å². The van der Waals surface area contributed by atoms with Crippen LogP contribution >= 0.6 is 15.9 Å². The van der Waals surface area contributed by atoms with Crippen LogP contribution in [-0.4, -0.2) is 18.9 Å². The number of ether oxygens (including phenoxy) is 2. The van der Waals surface area contributed by atoms with Crippen LogP contribution in [0.4, 0.5) is 0 Å². The fourth-order valence-electron chi connectivity index (χ4n) is 2.86. The summed E-state index contributed by atoms with van der Waals surface area (Å²) in [5.74, 6) is 1.36. The van der Waals surface area contributed by atoms with Crippen molar-refractivity contribution in [3.8, 4) is 11.5 Å². The van der Waals surface area contributed by atoms with Crippen LogP contribution in [0, 0.1) is 0 Å². The minimum absolute atomic E-state index is 0.0407. The van der Waals surface area contributed by atoms with Crippen LogP contribution in [0.3, 0.4) is 0 Å². The Hall–Kier alpha value is -1.56. The summed E-state index contributed by atoms with van der Waals surface area (Å²) < 4.78 is 11.5. The van der Waals surface area contributed by atoms with Gasteiger partial charge in [0.15, 0.2) is 11.5 Å². The average molecular weight is 425 g/mol. The molecule has 26 heavy (non-hydrogen) atoms. The van der Waals surface area contributed by atoms with Crippen LogP contribution in [0.2, 0.25) is 0 Å². The molecular weight excluding hydrogens is 396 g/mol. The molecule has 1 aliphatic rings. The van der Waals surface area contributed by atoms with Gasteiger partial charge in [-0.1, -0.05) is 58.3 Å². The van der Waals surface area contributed by atoms with Gasteiger partial charge in [-0.2, -0.15) is 5.10 Å². The molecule has 0 bridgehead atoms. The Balaban J connectivity index is 1.57. The highest BCUT2D eigenvalue weighted by Crippen LogP contribution is 2.36. The molecule has 1 amide bonds. The smallest absolute Gasteiger partial charge is 0.240 e. The van der Waals surface area contributed by atoms with E-state index in [1.165, 1.54) is 44.9 Å². The van der Waals surface area contributed by atoms with E-state index in [4.69, 9.17) is 9.47 Å². The minimum Gasteiger partial charge on any atom is -0.454 e. The third kappa shape index (κ3) is 7.36. The van der Waals surface area contributed by atoms with E-state index in [2.05, 4.69) is 33.4 Å². The second kappa shape index (κ2) is 11.9. The lowest BCUT2D eigenvalue weighted by atomic mass is 10.1. The molecule has 6 heteroatoms. The Labute approximate surface area is 164 Å². The van der Waals surface area contributed by atoms with Gasteiger partial charge in [0.2, 0.25) is 12.7 Å². The van der Waals surface area contributed by atoms with Crippen molar-refractivity contribution >= 4 is 28.1 Å². The van der Waals surface area contributed by atoms with Crippen molar-refractivity contribution in [3.05, 3.63) is 22.2 Å². The summed E-state index contributed by atoms with van der Waals surface area (Å²) >= 11 is 3.46. The molecule has 0 fully saturated rings. The summed E-state index contributed by atoms with van der Waals surface area (Å²) in [6.07, 6.45) is 13.3. The Morgan fingerprint density at radius 1 is 1.08 bits per heavy atom. The summed E-state index contributed by atoms with van der Waals surface area (Å²) in [4.78, 5) is 11.8. The predicted octanol–water partition coefficient (Wildman–Crippen LogP) is 5.55. The highest BCUT2D eigenvalue weighted by molar-refractivity contribution is 9.10. The van der Waals surface area contributed by atoms with Crippen molar-refractivity contribution in [2.24, 2.45) is 5.10 Å². The molecule has 1 aromatic rings. The maximum atomic E-state index is 11.8. The van der Waals surface area contributed by atoms with Crippen LogP contribution < -0.4 is 14.9 Å². The lowest BCUT2D eigenvalue weighted by Crippen LogP contribution is -2.16. The summed E-state index contributed by atoms with van der Waals surface area (Å²) in [5, 5.41) is 4.03. The van der Waals surface area contributed by atoms with Gasteiger partial charge in [0, 0.05) is 16.5 Å². The lowest BCUT2D eigenvalue weighted by Gasteiger charge is -2.03. The number of nitrogens with one attached hydrogen (secondary N) is 1. The number of hydrazone groups is 1. The van der Waals surface area contributed by atoms with Crippen molar-refractivity contribution in [1.29, 1.82) is 0 Å². The maximum absolute atomic E-state index is 11.8. The van der Waals surface area contributed by atoms with Crippen molar-refractivity contribution in [2.45, 2.75) is 71.1 Å². The van der Waals surface area contributed by atoms with Crippen molar-refractivity contribution in [1.82, 2.24) is 5.43 Å². The summed E-state index contributed by atoms with van der Waals surface area (Å²) in [6, 6.07) is 3.68. The molecule has 1 aliphatic heterocycles. The third-order valence-corrected chi connectivity index (χ3v) is 5.08. The van der Waals surface area contributed by atoms with E-state index in [-0.39, 0.29) is 12.7 Å². The number of nitrogens with zero attached hydrogens (tertiary/aromatic N) is 1. The quantitative estimate of drug-likeness (QED) is 0.271. The number of carbonyl (C=O) groups excluding carboxylic acids is 1. The van der Waals surface area contributed by atoms with Gasteiger partial charge in [0.05, 0.1) is 6.21 Å². The maximum Gasteiger partial charge on any atom is 0.240 e. The number of amides is 1. The van der Waals surface area contributed by atoms with E-state index < -0.39 is 0 Å². The number of fused-ring (bicyclic) bond motifs is 1. The summed E-state index contributed by atoms with van der Waals surface area (Å²) in [7, 11) is 0. The highest BCUT2D eigenvalue weighted by Gasteiger charge is 2.15. The second-order valence-electron chi connectivity index (χ2n) is 6.60. The Kier molecular flexibility index (Phi) is 9.53. The van der Waals surface area contributed by atoms with Gasteiger partial charge in [-0.25, -0.2) is 5.43 Å². The molecule has 1 heterocycles. The standard InChI is InChI=1S/C20H29BrN2O3/c1-2-3-4-5-6-7-8-9-10-11-20(24)23-22-14-16-12-18-19(13-17(16)21)26-15-25-18/h12-14H,2-11,15H2,1H3,(H,23,24)/b22-14+. The lowest BCUT2D eigenvalue weighted by molar-refractivity contribution is -0.121. The fourth-order valence-corrected chi connectivity index (χ4v) is 3.28. The number of rotatable bonds is 12. The van der Waals surface area contributed by atoms with Gasteiger partial charge in [0.1, 0.15) is 0 Å². The highest BCUT2D eigenvalue weighted by atomic mass is 79.9.